The van der Waals surface area contributed by atoms with Gasteiger partial charge in [-0.05, 0) is 68.5 Å². The summed E-state index contributed by atoms with van der Waals surface area (Å²) in [5, 5.41) is 5.96. The van der Waals surface area contributed by atoms with E-state index in [4.69, 9.17) is 0 Å². The van der Waals surface area contributed by atoms with E-state index in [2.05, 4.69) is 31.5 Å². The Bertz CT molecular complexity index is 1130. The monoisotopic (exact) mass is 549 g/mol. The van der Waals surface area contributed by atoms with Crippen LogP contribution >= 0.6 is 15.9 Å². The number of piperidine rings is 3. The molecule has 4 aliphatic rings. The van der Waals surface area contributed by atoms with Gasteiger partial charge in [0.15, 0.2) is 17.5 Å². The number of carbonyl (C=O) groups excluding carboxylic acids is 2. The number of halogens is 4. The van der Waals surface area contributed by atoms with Crippen LogP contribution in [0.4, 0.5) is 13.2 Å². The molecule has 6 rings (SSSR count). The Hall–Kier alpha value is -2.39. The van der Waals surface area contributed by atoms with E-state index < -0.39 is 34.8 Å². The van der Waals surface area contributed by atoms with Crippen molar-refractivity contribution in [3.8, 4) is 0 Å². The Morgan fingerprint density at radius 2 is 1.71 bits per heavy atom. The van der Waals surface area contributed by atoms with Gasteiger partial charge in [0, 0.05) is 29.0 Å². The van der Waals surface area contributed by atoms with E-state index in [-0.39, 0.29) is 23.9 Å². The molecule has 2 aromatic carbocycles. The fraction of sp³-hybridized carbons (Fsp3) is 0.462. The van der Waals surface area contributed by atoms with Gasteiger partial charge in [-0.1, -0.05) is 34.1 Å². The molecule has 35 heavy (non-hydrogen) atoms. The van der Waals surface area contributed by atoms with Crippen LogP contribution in [-0.4, -0.2) is 48.4 Å². The summed E-state index contributed by atoms with van der Waals surface area (Å²) in [6, 6.07) is 8.55. The molecule has 0 spiro atoms. The predicted octanol–water partition coefficient (Wildman–Crippen LogP) is 3.84. The molecule has 0 aromatic heterocycles. The maximum atomic E-state index is 14.6. The van der Waals surface area contributed by atoms with Crippen molar-refractivity contribution < 1.29 is 22.8 Å². The van der Waals surface area contributed by atoms with Gasteiger partial charge in [0.2, 0.25) is 11.8 Å². The number of nitrogens with zero attached hydrogens (tertiary/aromatic N) is 1. The van der Waals surface area contributed by atoms with E-state index in [0.717, 1.165) is 54.6 Å². The van der Waals surface area contributed by atoms with Crippen LogP contribution in [0, 0.1) is 23.4 Å². The molecule has 1 saturated carbocycles. The Kier molecular flexibility index (Phi) is 6.65. The molecule has 2 amide bonds. The second-order valence-corrected chi connectivity index (χ2v) is 10.8. The summed E-state index contributed by atoms with van der Waals surface area (Å²) in [6.07, 6.45) is 2.92. The van der Waals surface area contributed by atoms with Crippen LogP contribution in [0.5, 0.6) is 0 Å². The smallest absolute Gasteiger partial charge is 0.243 e. The second kappa shape index (κ2) is 9.58. The molecular formula is C26H27BrF3N3O2. The molecule has 3 heterocycles. The lowest BCUT2D eigenvalue weighted by atomic mass is 9.84. The van der Waals surface area contributed by atoms with Crippen LogP contribution < -0.4 is 10.6 Å². The first kappa shape index (κ1) is 24.3. The molecule has 2 bridgehead atoms. The number of benzene rings is 2. The molecule has 4 fully saturated rings. The standard InChI is InChI=1S/C26H27BrF3N3O2/c27-17-3-1-15(2-4-17)13-20(24(34)31-21-14-33-11-7-16(21)8-12-33)32-25(35)26(9-10-26)18-5-6-19(28)23(30)22(18)29/h1-6,16,20-21H,7-14H2,(H,31,34)(H,32,35)/t20-,21?/m0/s1. The minimum absolute atomic E-state index is 0.0212. The van der Waals surface area contributed by atoms with Crippen LogP contribution in [0.1, 0.15) is 36.8 Å². The van der Waals surface area contributed by atoms with Gasteiger partial charge < -0.3 is 15.5 Å². The van der Waals surface area contributed by atoms with Crippen molar-refractivity contribution in [2.24, 2.45) is 5.92 Å². The van der Waals surface area contributed by atoms with Crippen LogP contribution in [0.25, 0.3) is 0 Å². The van der Waals surface area contributed by atoms with Crippen molar-refractivity contribution in [2.45, 2.75) is 49.6 Å². The van der Waals surface area contributed by atoms with Crippen molar-refractivity contribution in [2.75, 3.05) is 19.6 Å². The molecule has 1 unspecified atom stereocenters. The minimum atomic E-state index is -1.59. The summed E-state index contributed by atoms with van der Waals surface area (Å²) in [5.41, 5.74) is -0.618. The van der Waals surface area contributed by atoms with Crippen molar-refractivity contribution in [1.29, 1.82) is 0 Å². The zero-order valence-electron chi connectivity index (χ0n) is 19.1. The third kappa shape index (κ3) is 4.85. The fourth-order valence-electron chi connectivity index (χ4n) is 5.41. The van der Waals surface area contributed by atoms with E-state index in [1.165, 1.54) is 0 Å². The van der Waals surface area contributed by atoms with Crippen LogP contribution in [0.15, 0.2) is 40.9 Å². The first-order valence-corrected chi connectivity index (χ1v) is 12.8. The molecule has 2 atom stereocenters. The number of amides is 2. The van der Waals surface area contributed by atoms with Crippen LogP contribution in [-0.2, 0) is 21.4 Å². The lowest BCUT2D eigenvalue weighted by Crippen LogP contribution is -2.60. The molecule has 1 aliphatic carbocycles. The molecule has 0 radical (unpaired) electrons. The number of rotatable bonds is 7. The normalized spacial score (nSPS) is 25.1. The lowest BCUT2D eigenvalue weighted by Gasteiger charge is -2.45. The summed E-state index contributed by atoms with van der Waals surface area (Å²) in [5.74, 6) is -4.66. The predicted molar refractivity (Wildman–Crippen MR) is 128 cm³/mol. The molecule has 2 N–H and O–H groups in total. The Morgan fingerprint density at radius 1 is 1.03 bits per heavy atom. The summed E-state index contributed by atoms with van der Waals surface area (Å²) in [6.45, 7) is 2.87. The van der Waals surface area contributed by atoms with Crippen molar-refractivity contribution in [3.05, 3.63) is 69.4 Å². The molecule has 2 aromatic rings. The maximum Gasteiger partial charge on any atom is 0.243 e. The lowest BCUT2D eigenvalue weighted by molar-refractivity contribution is -0.131. The summed E-state index contributed by atoms with van der Waals surface area (Å²) in [4.78, 5) is 29.1. The highest BCUT2D eigenvalue weighted by Gasteiger charge is 2.54. The third-order valence-corrected chi connectivity index (χ3v) is 8.22. The number of fused-ring (bicyclic) bond motifs is 3. The number of hydrogen-bond donors (Lipinski definition) is 2. The van der Waals surface area contributed by atoms with Gasteiger partial charge in [-0.3, -0.25) is 9.59 Å². The fourth-order valence-corrected chi connectivity index (χ4v) is 5.68. The van der Waals surface area contributed by atoms with E-state index >= 15 is 0 Å². The van der Waals surface area contributed by atoms with Gasteiger partial charge in [-0.2, -0.15) is 0 Å². The quantitative estimate of drug-likeness (QED) is 0.516. The highest BCUT2D eigenvalue weighted by molar-refractivity contribution is 9.10. The number of hydrogen-bond acceptors (Lipinski definition) is 3. The van der Waals surface area contributed by atoms with Gasteiger partial charge in [0.05, 0.1) is 5.41 Å². The molecule has 3 aliphatic heterocycles. The average Bonchev–Trinajstić information content (AvgIpc) is 3.66. The van der Waals surface area contributed by atoms with Crippen molar-refractivity contribution in [1.82, 2.24) is 15.5 Å². The van der Waals surface area contributed by atoms with E-state index in [9.17, 15) is 22.8 Å². The zero-order valence-corrected chi connectivity index (χ0v) is 20.7. The first-order chi connectivity index (χ1) is 16.8. The minimum Gasteiger partial charge on any atom is -0.350 e. The number of nitrogens with one attached hydrogen (secondary N) is 2. The van der Waals surface area contributed by atoms with E-state index in [0.29, 0.717) is 18.8 Å². The van der Waals surface area contributed by atoms with Crippen molar-refractivity contribution in [3.63, 3.8) is 0 Å². The summed E-state index contributed by atoms with van der Waals surface area (Å²) < 4.78 is 42.8. The number of carbonyl (C=O) groups is 2. The third-order valence-electron chi connectivity index (χ3n) is 7.69. The van der Waals surface area contributed by atoms with E-state index in [1.54, 1.807) is 0 Å². The Balaban J connectivity index is 1.36. The van der Waals surface area contributed by atoms with Gasteiger partial charge in [0.25, 0.3) is 0 Å². The molecule has 186 valence electrons. The van der Waals surface area contributed by atoms with Gasteiger partial charge in [-0.15, -0.1) is 0 Å². The highest BCUT2D eigenvalue weighted by atomic mass is 79.9. The SMILES string of the molecule is O=C(NC1CN2CCC1CC2)[C@H](Cc1ccc(Br)cc1)NC(=O)C1(c2ccc(F)c(F)c2F)CC1. The summed E-state index contributed by atoms with van der Waals surface area (Å²) in [7, 11) is 0. The largest absolute Gasteiger partial charge is 0.350 e. The first-order valence-electron chi connectivity index (χ1n) is 12.0. The Labute approximate surface area is 210 Å². The second-order valence-electron chi connectivity index (χ2n) is 9.91. The topological polar surface area (TPSA) is 61.4 Å². The van der Waals surface area contributed by atoms with Crippen molar-refractivity contribution >= 4 is 27.7 Å². The van der Waals surface area contributed by atoms with Gasteiger partial charge in [0.1, 0.15) is 6.04 Å². The summed E-state index contributed by atoms with van der Waals surface area (Å²) >= 11 is 3.40. The highest BCUT2D eigenvalue weighted by Crippen LogP contribution is 2.49. The van der Waals surface area contributed by atoms with Gasteiger partial charge in [-0.25, -0.2) is 13.2 Å². The molecule has 9 heteroatoms. The van der Waals surface area contributed by atoms with Gasteiger partial charge >= 0.3 is 0 Å². The maximum absolute atomic E-state index is 14.6. The van der Waals surface area contributed by atoms with Crippen LogP contribution in [0.2, 0.25) is 0 Å². The zero-order chi connectivity index (χ0) is 24.7. The molecule has 3 saturated heterocycles. The molecular weight excluding hydrogens is 523 g/mol. The average molecular weight is 550 g/mol. The molecule has 5 nitrogen and oxygen atoms in total. The van der Waals surface area contributed by atoms with Crippen LogP contribution in [0.3, 0.4) is 0 Å². The Morgan fingerprint density at radius 3 is 2.31 bits per heavy atom. The van der Waals surface area contributed by atoms with E-state index in [1.807, 2.05) is 24.3 Å².